The molecule has 0 bridgehead atoms. The Labute approximate surface area is 313 Å². The van der Waals surface area contributed by atoms with Crippen LogP contribution >= 0.6 is 0 Å². The number of nitriles is 1. The second-order valence-electron chi connectivity index (χ2n) is 13.4. The minimum absolute atomic E-state index is 0.451. The van der Waals surface area contributed by atoms with Gasteiger partial charge in [0.2, 0.25) is 11.8 Å². The summed E-state index contributed by atoms with van der Waals surface area (Å²) in [5, 5.41) is 13.9. The third kappa shape index (κ3) is 4.77. The molecule has 4 heterocycles. The van der Waals surface area contributed by atoms with Gasteiger partial charge < -0.3 is 8.98 Å². The maximum Gasteiger partial charge on any atom is 0.238 e. The lowest BCUT2D eigenvalue weighted by molar-refractivity contribution is 0.618. The van der Waals surface area contributed by atoms with Gasteiger partial charge in [-0.1, -0.05) is 121 Å². The molecule has 0 fully saturated rings. The van der Waals surface area contributed by atoms with E-state index in [-0.39, 0.29) is 0 Å². The fourth-order valence-corrected chi connectivity index (χ4v) is 7.81. The molecule has 0 aliphatic heterocycles. The molecule has 0 aliphatic carbocycles. The molecular formula is C47H27N7O. The summed E-state index contributed by atoms with van der Waals surface area (Å²) >= 11 is 0. The van der Waals surface area contributed by atoms with E-state index in [0.717, 1.165) is 66.0 Å². The van der Waals surface area contributed by atoms with Crippen molar-refractivity contribution in [2.75, 3.05) is 0 Å². The average molecular weight is 706 g/mol. The maximum atomic E-state index is 9.59. The molecule has 0 aliphatic rings. The van der Waals surface area contributed by atoms with Gasteiger partial charge in [0.25, 0.3) is 0 Å². The lowest BCUT2D eigenvalue weighted by Crippen LogP contribution is -2.07. The first kappa shape index (κ1) is 30.7. The summed E-state index contributed by atoms with van der Waals surface area (Å²) < 4.78 is 11.1. The molecule has 8 nitrogen and oxygen atoms in total. The van der Waals surface area contributed by atoms with E-state index < -0.39 is 0 Å². The highest BCUT2D eigenvalue weighted by Crippen LogP contribution is 2.43. The first-order valence-corrected chi connectivity index (χ1v) is 18.0. The highest BCUT2D eigenvalue weighted by Gasteiger charge is 2.25. The second-order valence-corrected chi connectivity index (χ2v) is 13.4. The number of benzene rings is 7. The summed E-state index contributed by atoms with van der Waals surface area (Å²) in [6.07, 6.45) is 0. The Balaban J connectivity index is 1.27. The van der Waals surface area contributed by atoms with Gasteiger partial charge in [0, 0.05) is 38.2 Å². The van der Waals surface area contributed by atoms with Crippen LogP contribution in [-0.4, -0.2) is 29.1 Å². The predicted octanol–water partition coefficient (Wildman–Crippen LogP) is 11.1. The van der Waals surface area contributed by atoms with Crippen LogP contribution in [0.3, 0.4) is 0 Å². The van der Waals surface area contributed by atoms with E-state index in [4.69, 9.17) is 24.4 Å². The van der Waals surface area contributed by atoms with Gasteiger partial charge in [-0.15, -0.1) is 0 Å². The minimum Gasteiger partial charge on any atom is -0.434 e. The molecule has 11 rings (SSSR count). The fraction of sp³-hybridized carbons (Fsp3) is 0. The summed E-state index contributed by atoms with van der Waals surface area (Å²) in [4.78, 5) is 20.3. The lowest BCUT2D eigenvalue weighted by Gasteiger charge is -2.13. The van der Waals surface area contributed by atoms with Crippen LogP contribution in [0.1, 0.15) is 5.56 Å². The molecule has 8 heteroatoms. The summed E-state index contributed by atoms with van der Waals surface area (Å²) in [5.74, 6) is 2.14. The molecule has 0 saturated heterocycles. The number of hydrogen-bond acceptors (Lipinski definition) is 6. The number of para-hydroxylation sites is 3. The zero-order valence-electron chi connectivity index (χ0n) is 29.1. The van der Waals surface area contributed by atoms with Crippen molar-refractivity contribution in [2.24, 2.45) is 0 Å². The monoisotopic (exact) mass is 705 g/mol. The van der Waals surface area contributed by atoms with Gasteiger partial charge >= 0.3 is 0 Å². The van der Waals surface area contributed by atoms with E-state index in [9.17, 15) is 5.26 Å². The van der Waals surface area contributed by atoms with E-state index in [1.807, 2.05) is 84.9 Å². The van der Waals surface area contributed by atoms with Crippen LogP contribution in [0.4, 0.5) is 0 Å². The molecule has 0 amide bonds. The molecule has 0 saturated carbocycles. The van der Waals surface area contributed by atoms with Crippen molar-refractivity contribution in [1.29, 1.82) is 5.26 Å². The zero-order valence-corrected chi connectivity index (χ0v) is 29.1. The van der Waals surface area contributed by atoms with Crippen LogP contribution < -0.4 is 0 Å². The normalized spacial score (nSPS) is 11.6. The summed E-state index contributed by atoms with van der Waals surface area (Å²) in [6.45, 7) is 0. The first-order chi connectivity index (χ1) is 27.2. The van der Waals surface area contributed by atoms with Gasteiger partial charge in [-0.2, -0.15) is 15.2 Å². The highest BCUT2D eigenvalue weighted by molar-refractivity contribution is 6.24. The van der Waals surface area contributed by atoms with Crippen LogP contribution in [-0.2, 0) is 0 Å². The Morgan fingerprint density at radius 2 is 1.04 bits per heavy atom. The van der Waals surface area contributed by atoms with E-state index in [0.29, 0.717) is 40.2 Å². The van der Waals surface area contributed by atoms with Gasteiger partial charge in [-0.25, -0.2) is 9.97 Å². The quantitative estimate of drug-likeness (QED) is 0.177. The fourth-order valence-electron chi connectivity index (χ4n) is 7.81. The number of hydrogen-bond donors (Lipinski definition) is 0. The molecule has 0 spiro atoms. The third-order valence-corrected chi connectivity index (χ3v) is 10.2. The van der Waals surface area contributed by atoms with Gasteiger partial charge in [0.15, 0.2) is 17.2 Å². The summed E-state index contributed by atoms with van der Waals surface area (Å²) in [5.41, 5.74) is 9.21. The molecular weight excluding hydrogens is 679 g/mol. The number of rotatable bonds is 5. The maximum absolute atomic E-state index is 9.59. The van der Waals surface area contributed by atoms with Gasteiger partial charge in [0.05, 0.1) is 39.4 Å². The number of oxazole rings is 1. The molecule has 4 aromatic heterocycles. The Morgan fingerprint density at radius 3 is 1.69 bits per heavy atom. The molecule has 55 heavy (non-hydrogen) atoms. The Hall–Kier alpha value is -7.89. The smallest absolute Gasteiger partial charge is 0.238 e. The summed E-state index contributed by atoms with van der Waals surface area (Å²) in [6, 6.07) is 57.0. The average Bonchev–Trinajstić information content (AvgIpc) is 3.95. The van der Waals surface area contributed by atoms with Crippen LogP contribution in [0.15, 0.2) is 168 Å². The van der Waals surface area contributed by atoms with E-state index in [2.05, 4.69) is 81.9 Å². The van der Waals surface area contributed by atoms with E-state index >= 15 is 0 Å². The van der Waals surface area contributed by atoms with Crippen LogP contribution in [0, 0.1) is 11.3 Å². The SMILES string of the molecule is N#Cc1cccc(-c2nc3cccc(-n4c5ccccc5c5ccc6c7ccccc7n(-c7nc(-c8ccccc8)nc(-c8ccccc8)n7)c6c54)c3o2)c1. The molecule has 11 aromatic rings. The Morgan fingerprint density at radius 1 is 0.473 bits per heavy atom. The van der Waals surface area contributed by atoms with Crippen molar-refractivity contribution in [1.82, 2.24) is 29.1 Å². The second kappa shape index (κ2) is 12.1. The molecule has 7 aromatic carbocycles. The highest BCUT2D eigenvalue weighted by atomic mass is 16.3. The van der Waals surface area contributed by atoms with Crippen LogP contribution in [0.25, 0.3) is 101 Å². The molecule has 0 radical (unpaired) electrons. The molecule has 0 atom stereocenters. The Kier molecular flexibility index (Phi) is 6.75. The van der Waals surface area contributed by atoms with Crippen LogP contribution in [0.5, 0.6) is 0 Å². The minimum atomic E-state index is 0.451. The molecule has 0 N–H and O–H groups in total. The lowest BCUT2D eigenvalue weighted by atomic mass is 10.1. The molecule has 256 valence electrons. The number of aromatic nitrogens is 6. The van der Waals surface area contributed by atoms with Crippen molar-refractivity contribution >= 4 is 54.7 Å². The van der Waals surface area contributed by atoms with Crippen molar-refractivity contribution < 1.29 is 4.42 Å². The predicted molar refractivity (Wildman–Crippen MR) is 217 cm³/mol. The topological polar surface area (TPSA) is 98.3 Å². The first-order valence-electron chi connectivity index (χ1n) is 18.0. The van der Waals surface area contributed by atoms with Gasteiger partial charge in [-0.05, 0) is 42.5 Å². The third-order valence-electron chi connectivity index (χ3n) is 10.2. The standard InChI is InChI=1S/C47H27N7O/c48-28-29-13-11-18-32(27-29)46-49-37-21-12-24-40(43(37)55-46)53-38-22-9-7-19-33(38)35-25-26-36-34-20-8-10-23-39(34)54(42(36)41(35)53)47-51-44(30-14-3-1-4-15-30)50-45(52-47)31-16-5-2-6-17-31/h1-27H. The number of fused-ring (bicyclic) bond motifs is 8. The van der Waals surface area contributed by atoms with Crippen molar-refractivity contribution in [3.8, 4) is 51.9 Å². The Bertz CT molecular complexity index is 3280. The number of nitrogens with zero attached hydrogens (tertiary/aromatic N) is 7. The van der Waals surface area contributed by atoms with E-state index in [1.54, 1.807) is 12.1 Å². The van der Waals surface area contributed by atoms with Gasteiger partial charge in [0.1, 0.15) is 5.52 Å². The zero-order chi connectivity index (χ0) is 36.5. The van der Waals surface area contributed by atoms with Crippen molar-refractivity contribution in [2.45, 2.75) is 0 Å². The largest absolute Gasteiger partial charge is 0.434 e. The van der Waals surface area contributed by atoms with Crippen molar-refractivity contribution in [3.63, 3.8) is 0 Å². The summed E-state index contributed by atoms with van der Waals surface area (Å²) in [7, 11) is 0. The van der Waals surface area contributed by atoms with Crippen LogP contribution in [0.2, 0.25) is 0 Å². The van der Waals surface area contributed by atoms with E-state index in [1.165, 1.54) is 0 Å². The molecule has 0 unspecified atom stereocenters. The van der Waals surface area contributed by atoms with Gasteiger partial charge in [-0.3, -0.25) is 4.57 Å². The van der Waals surface area contributed by atoms with Crippen molar-refractivity contribution in [3.05, 3.63) is 169 Å².